The van der Waals surface area contributed by atoms with Crippen molar-refractivity contribution >= 4 is 33.2 Å². The largest absolute Gasteiger partial charge is 0.324 e. The van der Waals surface area contributed by atoms with Gasteiger partial charge in [-0.3, -0.25) is 4.79 Å². The minimum absolute atomic E-state index is 0.0843. The maximum absolute atomic E-state index is 12.1. The summed E-state index contributed by atoms with van der Waals surface area (Å²) in [5.74, 6) is -0.316. The monoisotopic (exact) mass is 317 g/mol. The van der Waals surface area contributed by atoms with E-state index in [1.165, 1.54) is 18.2 Å². The van der Waals surface area contributed by atoms with Crippen LogP contribution in [0.15, 0.2) is 23.1 Å². The van der Waals surface area contributed by atoms with Crippen LogP contribution >= 0.6 is 11.6 Å². The molecule has 0 spiro atoms. The van der Waals surface area contributed by atoms with E-state index in [9.17, 15) is 13.2 Å². The van der Waals surface area contributed by atoms with Gasteiger partial charge in [0.15, 0.2) is 0 Å². The molecule has 2 rings (SSSR count). The molecule has 4 N–H and O–H groups in total. The number of halogens is 1. The Kier molecular flexibility index (Phi) is 4.64. The van der Waals surface area contributed by atoms with E-state index in [0.717, 1.165) is 19.4 Å². The third-order valence-corrected chi connectivity index (χ3v) is 4.43. The summed E-state index contributed by atoms with van der Waals surface area (Å²) in [6.07, 6.45) is 1.73. The predicted octanol–water partition coefficient (Wildman–Crippen LogP) is 0.925. The van der Waals surface area contributed by atoms with E-state index in [1.54, 1.807) is 0 Å². The first-order chi connectivity index (χ1) is 9.38. The zero-order valence-corrected chi connectivity index (χ0v) is 12.3. The molecule has 110 valence electrons. The molecule has 6 nitrogen and oxygen atoms in total. The molecule has 0 bridgehead atoms. The van der Waals surface area contributed by atoms with Crippen LogP contribution in [-0.2, 0) is 14.8 Å². The minimum Gasteiger partial charge on any atom is -0.324 e. The van der Waals surface area contributed by atoms with Crippen LogP contribution in [0.1, 0.15) is 12.8 Å². The second-order valence-corrected chi connectivity index (χ2v) is 6.69. The zero-order valence-electron chi connectivity index (χ0n) is 10.7. The molecule has 1 saturated heterocycles. The first kappa shape index (κ1) is 15.2. The molecule has 0 saturated carbocycles. The molecule has 1 aliphatic rings. The van der Waals surface area contributed by atoms with Gasteiger partial charge in [-0.2, -0.15) is 0 Å². The Bertz CT molecular complexity index is 612. The van der Waals surface area contributed by atoms with Gasteiger partial charge in [0.2, 0.25) is 15.9 Å². The number of rotatable bonds is 3. The number of nitrogens with one attached hydrogen (secondary N) is 2. The third-order valence-electron chi connectivity index (χ3n) is 3.19. The molecule has 8 heteroatoms. The number of anilines is 1. The Morgan fingerprint density at radius 1 is 1.45 bits per heavy atom. The fourth-order valence-corrected chi connectivity index (χ4v) is 2.79. The van der Waals surface area contributed by atoms with Crippen LogP contribution in [0.2, 0.25) is 5.02 Å². The summed E-state index contributed by atoms with van der Waals surface area (Å²) in [5.41, 5.74) is 0.258. The number of sulfonamides is 1. The topological polar surface area (TPSA) is 101 Å². The first-order valence-corrected chi connectivity index (χ1v) is 8.14. The molecular weight excluding hydrogens is 302 g/mol. The molecule has 1 fully saturated rings. The first-order valence-electron chi connectivity index (χ1n) is 6.22. The van der Waals surface area contributed by atoms with Gasteiger partial charge in [-0.25, -0.2) is 13.6 Å². The van der Waals surface area contributed by atoms with Crippen molar-refractivity contribution < 1.29 is 13.2 Å². The smallest absolute Gasteiger partial charge is 0.238 e. The number of hydrogen-bond acceptors (Lipinski definition) is 4. The van der Waals surface area contributed by atoms with Gasteiger partial charge < -0.3 is 10.6 Å². The van der Waals surface area contributed by atoms with Crippen LogP contribution < -0.4 is 15.8 Å². The number of benzene rings is 1. The Morgan fingerprint density at radius 2 is 2.20 bits per heavy atom. The average Bonchev–Trinajstić information content (AvgIpc) is 2.41. The molecule has 1 atom stereocenters. The summed E-state index contributed by atoms with van der Waals surface area (Å²) in [5, 5.41) is 11.1. The van der Waals surface area contributed by atoms with E-state index in [1.807, 2.05) is 0 Å². The maximum atomic E-state index is 12.1. The molecular formula is C12H16ClN3O3S. The molecule has 1 aromatic rings. The van der Waals surface area contributed by atoms with Crippen molar-refractivity contribution in [3.05, 3.63) is 23.2 Å². The van der Waals surface area contributed by atoms with E-state index in [4.69, 9.17) is 16.7 Å². The maximum Gasteiger partial charge on any atom is 0.238 e. The fraction of sp³-hybridized carbons (Fsp3) is 0.417. The summed E-state index contributed by atoms with van der Waals surface area (Å²) in [6, 6.07) is 3.97. The van der Waals surface area contributed by atoms with Gasteiger partial charge in [0.25, 0.3) is 0 Å². The second-order valence-electron chi connectivity index (χ2n) is 4.72. The molecule has 1 aliphatic heterocycles. The molecule has 20 heavy (non-hydrogen) atoms. The summed E-state index contributed by atoms with van der Waals surface area (Å²) >= 11 is 5.96. The van der Waals surface area contributed by atoms with Crippen molar-refractivity contribution in [3.8, 4) is 0 Å². The number of hydrogen-bond donors (Lipinski definition) is 3. The minimum atomic E-state index is -3.83. The lowest BCUT2D eigenvalue weighted by atomic mass is 9.99. The van der Waals surface area contributed by atoms with Crippen LogP contribution in [0.4, 0.5) is 5.69 Å². The van der Waals surface area contributed by atoms with Crippen molar-refractivity contribution in [2.45, 2.75) is 17.7 Å². The fourth-order valence-electron chi connectivity index (χ4n) is 2.09. The second kappa shape index (κ2) is 6.09. The van der Waals surface area contributed by atoms with Crippen molar-refractivity contribution in [1.29, 1.82) is 0 Å². The Morgan fingerprint density at radius 3 is 2.80 bits per heavy atom. The summed E-state index contributed by atoms with van der Waals surface area (Å²) in [4.78, 5) is 12.0. The lowest BCUT2D eigenvalue weighted by Crippen LogP contribution is -2.37. The van der Waals surface area contributed by atoms with E-state index in [0.29, 0.717) is 6.54 Å². The summed E-state index contributed by atoms with van der Waals surface area (Å²) in [6.45, 7) is 1.52. The lowest BCUT2D eigenvalue weighted by molar-refractivity contribution is -0.120. The van der Waals surface area contributed by atoms with Crippen molar-refractivity contribution in [3.63, 3.8) is 0 Å². The highest BCUT2D eigenvalue weighted by atomic mass is 35.5. The van der Waals surface area contributed by atoms with Gasteiger partial charge in [0.1, 0.15) is 0 Å². The lowest BCUT2D eigenvalue weighted by Gasteiger charge is -2.22. The van der Waals surface area contributed by atoms with Crippen LogP contribution in [0, 0.1) is 5.92 Å². The Hall–Kier alpha value is -1.15. The van der Waals surface area contributed by atoms with Gasteiger partial charge in [0.05, 0.1) is 21.5 Å². The van der Waals surface area contributed by atoms with Gasteiger partial charge >= 0.3 is 0 Å². The van der Waals surface area contributed by atoms with E-state index in [2.05, 4.69) is 10.6 Å². The van der Waals surface area contributed by atoms with Crippen LogP contribution in [0.5, 0.6) is 0 Å². The number of carbonyl (C=O) groups excluding carboxylic acids is 1. The highest BCUT2D eigenvalue weighted by Crippen LogP contribution is 2.25. The van der Waals surface area contributed by atoms with Crippen LogP contribution in [0.25, 0.3) is 0 Å². The molecule has 1 unspecified atom stereocenters. The normalized spacial score (nSPS) is 19.6. The number of primary sulfonamides is 1. The highest BCUT2D eigenvalue weighted by Gasteiger charge is 2.22. The highest BCUT2D eigenvalue weighted by molar-refractivity contribution is 7.89. The molecule has 0 aliphatic carbocycles. The number of carbonyl (C=O) groups is 1. The Balaban J connectivity index is 2.18. The quantitative estimate of drug-likeness (QED) is 0.771. The van der Waals surface area contributed by atoms with Gasteiger partial charge in [-0.1, -0.05) is 11.6 Å². The van der Waals surface area contributed by atoms with Gasteiger partial charge in [-0.15, -0.1) is 0 Å². The molecule has 1 aromatic carbocycles. The van der Waals surface area contributed by atoms with Crippen LogP contribution in [0.3, 0.4) is 0 Å². The van der Waals surface area contributed by atoms with Crippen LogP contribution in [-0.4, -0.2) is 27.4 Å². The van der Waals surface area contributed by atoms with Crippen molar-refractivity contribution in [1.82, 2.24) is 5.32 Å². The number of piperidine rings is 1. The Labute approximate surface area is 122 Å². The van der Waals surface area contributed by atoms with Gasteiger partial charge in [-0.05, 0) is 37.6 Å². The molecule has 1 amide bonds. The van der Waals surface area contributed by atoms with E-state index >= 15 is 0 Å². The van der Waals surface area contributed by atoms with Gasteiger partial charge in [0, 0.05) is 6.54 Å². The van der Waals surface area contributed by atoms with E-state index in [-0.39, 0.29) is 27.4 Å². The van der Waals surface area contributed by atoms with E-state index < -0.39 is 10.0 Å². The summed E-state index contributed by atoms with van der Waals surface area (Å²) < 4.78 is 22.6. The molecule has 1 heterocycles. The zero-order chi connectivity index (χ0) is 14.8. The van der Waals surface area contributed by atoms with Crippen molar-refractivity contribution in [2.75, 3.05) is 18.4 Å². The third kappa shape index (κ3) is 3.69. The average molecular weight is 318 g/mol. The predicted molar refractivity (Wildman–Crippen MR) is 77.0 cm³/mol. The number of amides is 1. The molecule has 0 aromatic heterocycles. The van der Waals surface area contributed by atoms with Crippen molar-refractivity contribution in [2.24, 2.45) is 11.1 Å². The molecule has 0 radical (unpaired) electrons. The SMILES string of the molecule is NS(=O)(=O)c1ccc(Cl)c(NC(=O)C2CCCNC2)c1. The number of nitrogens with two attached hydrogens (primary N) is 1. The summed E-state index contributed by atoms with van der Waals surface area (Å²) in [7, 11) is -3.83. The standard InChI is InChI=1S/C12H16ClN3O3S/c13-10-4-3-9(20(14,18)19)6-11(10)16-12(17)8-2-1-5-15-7-8/h3-4,6,8,15H,1-2,5,7H2,(H,16,17)(H2,14,18,19).